The van der Waals surface area contributed by atoms with Crippen molar-refractivity contribution in [3.63, 3.8) is 0 Å². The molecule has 0 aliphatic rings. The second kappa shape index (κ2) is 6.14. The van der Waals surface area contributed by atoms with Crippen molar-refractivity contribution in [1.29, 1.82) is 0 Å². The van der Waals surface area contributed by atoms with Crippen LogP contribution in [0, 0.1) is 0 Å². The normalized spacial score (nSPS) is 11.4. The molecule has 0 amide bonds. The third-order valence-corrected chi connectivity index (χ3v) is 5.19. The van der Waals surface area contributed by atoms with E-state index in [4.69, 9.17) is 16.7 Å². The summed E-state index contributed by atoms with van der Waals surface area (Å²) in [7, 11) is -3.85. The van der Waals surface area contributed by atoms with Crippen molar-refractivity contribution in [3.8, 4) is 0 Å². The maximum absolute atomic E-state index is 12.5. The molecule has 0 atom stereocenters. The highest BCUT2D eigenvalue weighted by atomic mass is 35.5. The van der Waals surface area contributed by atoms with Crippen molar-refractivity contribution in [2.45, 2.75) is 4.90 Å². The van der Waals surface area contributed by atoms with Gasteiger partial charge < -0.3 is 5.11 Å². The minimum Gasteiger partial charge on any atom is -0.478 e. The lowest BCUT2D eigenvalue weighted by atomic mass is 10.1. The highest BCUT2D eigenvalue weighted by Crippen LogP contribution is 2.24. The quantitative estimate of drug-likeness (QED) is 0.735. The number of hydrogen-bond acceptors (Lipinski definition) is 3. The van der Waals surface area contributed by atoms with Crippen LogP contribution in [0.3, 0.4) is 0 Å². The molecule has 0 radical (unpaired) electrons. The standard InChI is InChI=1S/C17H12ClNO4S/c18-16-8-6-13(10-15(16)17(20)21)19-24(22,23)14-7-5-11-3-1-2-4-12(11)9-14/h1-10,19H,(H,20,21). The summed E-state index contributed by atoms with van der Waals surface area (Å²) in [4.78, 5) is 11.2. The van der Waals surface area contributed by atoms with Crippen LogP contribution in [0.4, 0.5) is 5.69 Å². The molecule has 24 heavy (non-hydrogen) atoms. The summed E-state index contributed by atoms with van der Waals surface area (Å²) in [5.74, 6) is -1.23. The molecular formula is C17H12ClNO4S. The van der Waals surface area contributed by atoms with Gasteiger partial charge in [0.25, 0.3) is 10.0 Å². The van der Waals surface area contributed by atoms with E-state index < -0.39 is 16.0 Å². The van der Waals surface area contributed by atoms with E-state index in [2.05, 4.69) is 4.72 Å². The number of carboxylic acids is 1. The van der Waals surface area contributed by atoms with Crippen molar-refractivity contribution in [2.24, 2.45) is 0 Å². The lowest BCUT2D eigenvalue weighted by molar-refractivity contribution is 0.0697. The zero-order chi connectivity index (χ0) is 17.3. The van der Waals surface area contributed by atoms with Crippen LogP contribution in [0.15, 0.2) is 65.6 Å². The SMILES string of the molecule is O=C(O)c1cc(NS(=O)(=O)c2ccc3ccccc3c2)ccc1Cl. The van der Waals surface area contributed by atoms with Crippen molar-refractivity contribution in [3.05, 3.63) is 71.2 Å². The number of carboxylic acid groups (broad SMARTS) is 1. The van der Waals surface area contributed by atoms with Gasteiger partial charge in [0.2, 0.25) is 0 Å². The first-order valence-corrected chi connectivity index (χ1v) is 8.77. The number of fused-ring (bicyclic) bond motifs is 1. The van der Waals surface area contributed by atoms with E-state index in [-0.39, 0.29) is 21.2 Å². The van der Waals surface area contributed by atoms with Gasteiger partial charge in [0.1, 0.15) is 0 Å². The molecule has 5 nitrogen and oxygen atoms in total. The molecule has 0 bridgehead atoms. The number of rotatable bonds is 4. The number of benzene rings is 3. The number of carbonyl (C=O) groups is 1. The molecule has 0 aromatic heterocycles. The second-order valence-corrected chi connectivity index (χ2v) is 7.20. The van der Waals surface area contributed by atoms with Gasteiger partial charge in [0.15, 0.2) is 0 Å². The van der Waals surface area contributed by atoms with Gasteiger partial charge in [-0.05, 0) is 41.1 Å². The summed E-state index contributed by atoms with van der Waals surface area (Å²) in [5, 5.41) is 10.8. The highest BCUT2D eigenvalue weighted by Gasteiger charge is 2.17. The summed E-state index contributed by atoms with van der Waals surface area (Å²) in [5.41, 5.74) is -0.0414. The van der Waals surface area contributed by atoms with Gasteiger partial charge in [0.05, 0.1) is 15.5 Å². The molecule has 3 rings (SSSR count). The molecule has 0 aliphatic carbocycles. The third-order valence-electron chi connectivity index (χ3n) is 3.48. The Morgan fingerprint density at radius 2 is 1.67 bits per heavy atom. The Morgan fingerprint density at radius 3 is 2.38 bits per heavy atom. The van der Waals surface area contributed by atoms with E-state index in [1.165, 1.54) is 24.3 Å². The maximum Gasteiger partial charge on any atom is 0.337 e. The van der Waals surface area contributed by atoms with E-state index in [1.807, 2.05) is 24.3 Å². The van der Waals surface area contributed by atoms with Crippen LogP contribution in [0.5, 0.6) is 0 Å². The van der Waals surface area contributed by atoms with Crippen LogP contribution in [-0.2, 0) is 10.0 Å². The number of aromatic carboxylic acids is 1. The Labute approximate surface area is 143 Å². The molecule has 3 aromatic carbocycles. The highest BCUT2D eigenvalue weighted by molar-refractivity contribution is 7.92. The smallest absolute Gasteiger partial charge is 0.337 e. The molecule has 7 heteroatoms. The maximum atomic E-state index is 12.5. The predicted molar refractivity (Wildman–Crippen MR) is 93.2 cm³/mol. The Hall–Kier alpha value is -2.57. The molecule has 122 valence electrons. The third kappa shape index (κ3) is 3.20. The molecule has 0 spiro atoms. The van der Waals surface area contributed by atoms with E-state index in [0.29, 0.717) is 0 Å². The minimum atomic E-state index is -3.85. The number of anilines is 1. The van der Waals surface area contributed by atoms with Crippen LogP contribution in [0.2, 0.25) is 5.02 Å². The Balaban J connectivity index is 1.98. The second-order valence-electron chi connectivity index (χ2n) is 5.11. The summed E-state index contributed by atoms with van der Waals surface area (Å²) in [6, 6.07) is 16.1. The van der Waals surface area contributed by atoms with Gasteiger partial charge in [-0.3, -0.25) is 4.72 Å². The summed E-state index contributed by atoms with van der Waals surface area (Å²) < 4.78 is 27.4. The van der Waals surface area contributed by atoms with Crippen molar-refractivity contribution in [2.75, 3.05) is 4.72 Å². The Kier molecular flexibility index (Phi) is 4.17. The van der Waals surface area contributed by atoms with Crippen molar-refractivity contribution < 1.29 is 18.3 Å². The summed E-state index contributed by atoms with van der Waals surface area (Å²) >= 11 is 5.79. The predicted octanol–water partition coefficient (Wildman–Crippen LogP) is 3.99. The van der Waals surface area contributed by atoms with Crippen LogP contribution >= 0.6 is 11.6 Å². The summed E-state index contributed by atoms with van der Waals surface area (Å²) in [6.45, 7) is 0. The molecule has 3 aromatic rings. The van der Waals surface area contributed by atoms with Crippen LogP contribution in [0.25, 0.3) is 10.8 Å². The van der Waals surface area contributed by atoms with Crippen molar-refractivity contribution in [1.82, 2.24) is 0 Å². The van der Waals surface area contributed by atoms with E-state index in [0.717, 1.165) is 10.8 Å². The van der Waals surface area contributed by atoms with Gasteiger partial charge >= 0.3 is 5.97 Å². The first-order valence-electron chi connectivity index (χ1n) is 6.91. The van der Waals surface area contributed by atoms with Gasteiger partial charge in [-0.15, -0.1) is 0 Å². The molecular weight excluding hydrogens is 350 g/mol. The fourth-order valence-corrected chi connectivity index (χ4v) is 3.58. The zero-order valence-electron chi connectivity index (χ0n) is 12.2. The first-order chi connectivity index (χ1) is 11.4. The number of nitrogens with one attached hydrogen (secondary N) is 1. The number of halogens is 1. The molecule has 0 fully saturated rings. The van der Waals surface area contributed by atoms with Crippen LogP contribution < -0.4 is 4.72 Å². The molecule has 0 unspecified atom stereocenters. The average Bonchev–Trinajstić information content (AvgIpc) is 2.55. The first kappa shape index (κ1) is 16.3. The molecule has 0 heterocycles. The number of hydrogen-bond donors (Lipinski definition) is 2. The minimum absolute atomic E-state index is 0.0381. The van der Waals surface area contributed by atoms with Crippen molar-refractivity contribution >= 4 is 44.1 Å². The van der Waals surface area contributed by atoms with Gasteiger partial charge in [-0.25, -0.2) is 13.2 Å². The largest absolute Gasteiger partial charge is 0.478 e. The van der Waals surface area contributed by atoms with Crippen LogP contribution in [-0.4, -0.2) is 19.5 Å². The fourth-order valence-electron chi connectivity index (χ4n) is 2.30. The number of sulfonamides is 1. The zero-order valence-corrected chi connectivity index (χ0v) is 13.8. The summed E-state index contributed by atoms with van der Waals surface area (Å²) in [6.07, 6.45) is 0. The van der Waals surface area contributed by atoms with Gasteiger partial charge in [-0.1, -0.05) is 41.9 Å². The molecule has 0 saturated carbocycles. The monoisotopic (exact) mass is 361 g/mol. The van der Waals surface area contributed by atoms with E-state index in [1.54, 1.807) is 12.1 Å². The van der Waals surface area contributed by atoms with E-state index >= 15 is 0 Å². The average molecular weight is 362 g/mol. The van der Waals surface area contributed by atoms with Gasteiger partial charge in [-0.2, -0.15) is 0 Å². The topological polar surface area (TPSA) is 83.5 Å². The lowest BCUT2D eigenvalue weighted by Gasteiger charge is -2.10. The van der Waals surface area contributed by atoms with Crippen LogP contribution in [0.1, 0.15) is 10.4 Å². The molecule has 0 saturated heterocycles. The Morgan fingerprint density at radius 1 is 0.958 bits per heavy atom. The fraction of sp³-hybridized carbons (Fsp3) is 0. The van der Waals surface area contributed by atoms with Gasteiger partial charge in [0, 0.05) is 5.69 Å². The lowest BCUT2D eigenvalue weighted by Crippen LogP contribution is -2.13. The van der Waals surface area contributed by atoms with E-state index in [9.17, 15) is 13.2 Å². The molecule has 0 aliphatic heterocycles. The Bertz CT molecular complexity index is 1050. The molecule has 2 N–H and O–H groups in total.